The molecule has 0 spiro atoms. The number of hydrogen-bond donors (Lipinski definition) is 0. The van der Waals surface area contributed by atoms with Crippen LogP contribution in [0.5, 0.6) is 0 Å². The van der Waals surface area contributed by atoms with Crippen molar-refractivity contribution in [1.82, 2.24) is 9.80 Å². The number of hydrogen-bond acceptors (Lipinski definition) is 15. The molecule has 0 unspecified atom stereocenters. The van der Waals surface area contributed by atoms with Gasteiger partial charge in [0.25, 0.3) is 0 Å². The van der Waals surface area contributed by atoms with Gasteiger partial charge in [-0.15, -0.1) is 0 Å². The molecule has 0 aromatic rings. The average molecular weight is 1040 g/mol. The fourth-order valence-electron chi connectivity index (χ4n) is 8.61. The lowest BCUT2D eigenvalue weighted by Gasteiger charge is -2.29. The second-order valence-electron chi connectivity index (χ2n) is 20.5. The van der Waals surface area contributed by atoms with Gasteiger partial charge < -0.3 is 38.1 Å². The molecule has 73 heavy (non-hydrogen) atoms. The van der Waals surface area contributed by atoms with E-state index in [2.05, 4.69) is 27.7 Å². The highest BCUT2D eigenvalue weighted by atomic mass is 16.6. The smallest absolute Gasteiger partial charge is 0.410 e. The second kappa shape index (κ2) is 45.4. The summed E-state index contributed by atoms with van der Waals surface area (Å²) in [7, 11) is 3.71. The summed E-state index contributed by atoms with van der Waals surface area (Å²) < 4.78 is 39.4. The summed E-state index contributed by atoms with van der Waals surface area (Å²) in [4.78, 5) is 94.5. The van der Waals surface area contributed by atoms with Crippen LogP contribution in [-0.4, -0.2) is 131 Å². The van der Waals surface area contributed by atoms with Crippen LogP contribution in [0.1, 0.15) is 233 Å². The Labute approximate surface area is 441 Å². The van der Waals surface area contributed by atoms with Gasteiger partial charge in [-0.3, -0.25) is 33.7 Å². The van der Waals surface area contributed by atoms with Crippen LogP contribution in [0.25, 0.3) is 0 Å². The maximum absolute atomic E-state index is 13.7. The van der Waals surface area contributed by atoms with Gasteiger partial charge in [0, 0.05) is 44.1 Å². The van der Waals surface area contributed by atoms with Crippen molar-refractivity contribution in [2.75, 3.05) is 66.9 Å². The molecule has 2 atom stereocenters. The van der Waals surface area contributed by atoms with Gasteiger partial charge in [-0.1, -0.05) is 156 Å². The van der Waals surface area contributed by atoms with E-state index in [1.165, 1.54) is 30.6 Å². The van der Waals surface area contributed by atoms with Crippen molar-refractivity contribution >= 4 is 41.9 Å². The van der Waals surface area contributed by atoms with Crippen LogP contribution in [0.4, 0.5) is 4.79 Å². The minimum Gasteiger partial charge on any atom is -0.465 e. The first-order chi connectivity index (χ1) is 35.3. The van der Waals surface area contributed by atoms with E-state index in [-0.39, 0.29) is 109 Å². The SMILES string of the molecule is CCCCCCCCC(=O)OCC(COC(=O)CCCCCCCC)CC(=O)OC[C@@H]1CC[C@@H](COC(=O)CC(COC(=O)CCCCCCCC)COC(=O)CCCCCCCC)N1C(=O)OCCN(C)C. The summed E-state index contributed by atoms with van der Waals surface area (Å²) in [6, 6.07) is -1.18. The second-order valence-corrected chi connectivity index (χ2v) is 20.5. The van der Waals surface area contributed by atoms with Crippen molar-refractivity contribution in [2.45, 2.75) is 245 Å². The zero-order valence-corrected chi connectivity index (χ0v) is 46.7. The molecule has 1 aliphatic heterocycles. The highest BCUT2D eigenvalue weighted by Gasteiger charge is 2.40. The summed E-state index contributed by atoms with van der Waals surface area (Å²) in [5.41, 5.74) is 0. The predicted octanol–water partition coefficient (Wildman–Crippen LogP) is 11.8. The number of amides is 1. The lowest BCUT2D eigenvalue weighted by molar-refractivity contribution is -0.155. The molecule has 424 valence electrons. The molecule has 1 saturated heterocycles. The largest absolute Gasteiger partial charge is 0.465 e. The minimum absolute atomic E-state index is 0.106. The number of likely N-dealkylation sites (N-methyl/N-ethyl adjacent to an activating group) is 1. The van der Waals surface area contributed by atoms with Crippen LogP contribution in [0.2, 0.25) is 0 Å². The Hall–Kier alpha value is -3.95. The third-order valence-corrected chi connectivity index (χ3v) is 13.2. The van der Waals surface area contributed by atoms with Crippen LogP contribution in [0.3, 0.4) is 0 Å². The van der Waals surface area contributed by atoms with Gasteiger partial charge in [0.05, 0.1) is 51.4 Å². The number of carbonyl (C=O) groups excluding carboxylic acids is 7. The van der Waals surface area contributed by atoms with Gasteiger partial charge in [0.1, 0.15) is 19.8 Å². The molecule has 16 heteroatoms. The summed E-state index contributed by atoms with van der Waals surface area (Å²) >= 11 is 0. The van der Waals surface area contributed by atoms with E-state index in [1.807, 2.05) is 19.0 Å². The summed E-state index contributed by atoms with van der Waals surface area (Å²) in [5.74, 6) is -3.94. The Morgan fingerprint density at radius 2 is 0.685 bits per heavy atom. The summed E-state index contributed by atoms with van der Waals surface area (Å²) in [5, 5.41) is 0. The molecule has 0 aromatic carbocycles. The molecule has 16 nitrogen and oxygen atoms in total. The van der Waals surface area contributed by atoms with Crippen LogP contribution < -0.4 is 0 Å². The lowest BCUT2D eigenvalue weighted by Crippen LogP contribution is -2.46. The Bertz CT molecular complexity index is 1320. The fraction of sp³-hybridized carbons (Fsp3) is 0.877. The fourth-order valence-corrected chi connectivity index (χ4v) is 8.61. The molecule has 0 N–H and O–H groups in total. The third-order valence-electron chi connectivity index (χ3n) is 13.2. The van der Waals surface area contributed by atoms with Gasteiger partial charge >= 0.3 is 41.9 Å². The summed E-state index contributed by atoms with van der Waals surface area (Å²) in [6.45, 7) is 8.43. The number of nitrogens with zero attached hydrogens (tertiary/aromatic N) is 2. The van der Waals surface area contributed by atoms with Crippen molar-refractivity contribution in [3.8, 4) is 0 Å². The van der Waals surface area contributed by atoms with E-state index in [0.29, 0.717) is 45.1 Å². The Kier molecular flexibility index (Phi) is 41.7. The number of unbranched alkanes of at least 4 members (excludes halogenated alkanes) is 20. The van der Waals surface area contributed by atoms with Crippen molar-refractivity contribution in [1.29, 1.82) is 0 Å². The number of likely N-dealkylation sites (tertiary alicyclic amines) is 1. The molecule has 1 amide bonds. The monoisotopic (exact) mass is 1040 g/mol. The van der Waals surface area contributed by atoms with Gasteiger partial charge in [0.2, 0.25) is 0 Å². The third kappa shape index (κ3) is 37.4. The molecule has 0 aliphatic carbocycles. The standard InChI is InChI=1S/C57H102N2O14/c1-7-11-15-19-23-27-31-51(60)68-41-47(42-69-52(61)32-28-24-20-16-12-8-2)39-55(64)72-45-49-35-36-50(59(49)57(66)67-38-37-58(5)6)46-73-56(65)40-48(43-70-53(62)33-29-25-21-17-13-9-3)44-71-54(63)34-30-26-22-18-14-10-4/h47-50H,7-46H2,1-6H3/t49-,50-/m0/s1. The first kappa shape index (κ1) is 67.1. The number of carbonyl (C=O) groups is 7. The zero-order valence-electron chi connectivity index (χ0n) is 46.7. The Morgan fingerprint density at radius 3 is 0.973 bits per heavy atom. The first-order valence-electron chi connectivity index (χ1n) is 28.9. The highest BCUT2D eigenvalue weighted by molar-refractivity contribution is 5.73. The van der Waals surface area contributed by atoms with E-state index in [1.54, 1.807) is 0 Å². The maximum atomic E-state index is 13.7. The average Bonchev–Trinajstić information content (AvgIpc) is 3.78. The number of esters is 6. The van der Waals surface area contributed by atoms with Gasteiger partial charge in [-0.2, -0.15) is 0 Å². The van der Waals surface area contributed by atoms with E-state index in [0.717, 1.165) is 103 Å². The quantitative estimate of drug-likeness (QED) is 0.0317. The van der Waals surface area contributed by atoms with Crippen molar-refractivity contribution in [3.63, 3.8) is 0 Å². The Balaban J connectivity index is 2.98. The van der Waals surface area contributed by atoms with Gasteiger partial charge in [-0.05, 0) is 52.6 Å². The van der Waals surface area contributed by atoms with E-state index in [4.69, 9.17) is 33.2 Å². The topological polar surface area (TPSA) is 191 Å². The first-order valence-corrected chi connectivity index (χ1v) is 28.9. The molecule has 0 saturated carbocycles. The molecular formula is C57H102N2O14. The van der Waals surface area contributed by atoms with Crippen LogP contribution in [-0.2, 0) is 61.9 Å². The van der Waals surface area contributed by atoms with Crippen molar-refractivity contribution < 1.29 is 66.7 Å². The molecule has 1 rings (SSSR count). The maximum Gasteiger partial charge on any atom is 0.410 e. The molecular weight excluding hydrogens is 937 g/mol. The normalized spacial score (nSPS) is 14.4. The molecule has 0 aromatic heterocycles. The van der Waals surface area contributed by atoms with Crippen LogP contribution >= 0.6 is 0 Å². The van der Waals surface area contributed by atoms with Crippen molar-refractivity contribution in [2.24, 2.45) is 11.8 Å². The highest BCUT2D eigenvalue weighted by Crippen LogP contribution is 2.27. The van der Waals surface area contributed by atoms with Crippen LogP contribution in [0, 0.1) is 11.8 Å². The Morgan fingerprint density at radius 1 is 0.397 bits per heavy atom. The van der Waals surface area contributed by atoms with Crippen LogP contribution in [0.15, 0.2) is 0 Å². The number of rotatable bonds is 47. The molecule has 1 fully saturated rings. The molecule has 0 bridgehead atoms. The molecule has 1 heterocycles. The predicted molar refractivity (Wildman–Crippen MR) is 282 cm³/mol. The zero-order chi connectivity index (χ0) is 53.7. The van der Waals surface area contributed by atoms with Crippen molar-refractivity contribution in [3.05, 3.63) is 0 Å². The van der Waals surface area contributed by atoms with Gasteiger partial charge in [0.15, 0.2) is 0 Å². The lowest BCUT2D eigenvalue weighted by atomic mass is 10.1. The summed E-state index contributed by atoms with van der Waals surface area (Å²) in [6.07, 6.45) is 25.5. The molecule has 1 aliphatic rings. The van der Waals surface area contributed by atoms with E-state index in [9.17, 15) is 33.6 Å². The van der Waals surface area contributed by atoms with Gasteiger partial charge in [-0.25, -0.2) is 4.79 Å². The van der Waals surface area contributed by atoms with E-state index < -0.39 is 42.0 Å². The van der Waals surface area contributed by atoms with E-state index >= 15 is 0 Å². The molecule has 0 radical (unpaired) electrons. The minimum atomic E-state index is -0.638. The number of ether oxygens (including phenoxy) is 7.